The van der Waals surface area contributed by atoms with Gasteiger partial charge in [0.2, 0.25) is 0 Å². The molecule has 0 aliphatic heterocycles. The third kappa shape index (κ3) is 1.84. The van der Waals surface area contributed by atoms with Crippen molar-refractivity contribution in [2.75, 3.05) is 10.5 Å². The minimum atomic E-state index is -3.72. The van der Waals surface area contributed by atoms with Gasteiger partial charge in [0.1, 0.15) is 10.7 Å². The van der Waals surface area contributed by atoms with Crippen molar-refractivity contribution in [3.05, 3.63) is 18.5 Å². The lowest BCUT2D eigenvalue weighted by atomic mass is 10.7. The van der Waals surface area contributed by atoms with Crippen LogP contribution in [0.15, 0.2) is 23.4 Å². The van der Waals surface area contributed by atoms with Gasteiger partial charge in [-0.2, -0.15) is 10.2 Å². The van der Waals surface area contributed by atoms with Gasteiger partial charge < -0.3 is 5.73 Å². The van der Waals surface area contributed by atoms with Gasteiger partial charge in [-0.25, -0.2) is 8.42 Å². The van der Waals surface area contributed by atoms with Crippen LogP contribution in [0.2, 0.25) is 0 Å². The van der Waals surface area contributed by atoms with Crippen LogP contribution in [-0.2, 0) is 17.1 Å². The summed E-state index contributed by atoms with van der Waals surface area (Å²) in [7, 11) is -2.13. The van der Waals surface area contributed by atoms with Crippen molar-refractivity contribution < 1.29 is 8.42 Å². The lowest BCUT2D eigenvalue weighted by Gasteiger charge is -2.03. The quantitative estimate of drug-likeness (QED) is 0.672. The zero-order valence-electron chi connectivity index (χ0n) is 8.38. The number of nitrogens with one attached hydrogen (secondary N) is 2. The molecule has 86 valence electrons. The van der Waals surface area contributed by atoms with Gasteiger partial charge in [0.15, 0.2) is 5.82 Å². The van der Waals surface area contributed by atoms with Crippen LogP contribution in [0.4, 0.5) is 11.6 Å². The summed E-state index contributed by atoms with van der Waals surface area (Å²) in [6.45, 7) is 0. The Morgan fingerprint density at radius 3 is 2.81 bits per heavy atom. The summed E-state index contributed by atoms with van der Waals surface area (Å²) in [4.78, 5) is -0.0652. The Bertz CT molecular complexity index is 584. The van der Waals surface area contributed by atoms with Gasteiger partial charge >= 0.3 is 0 Å². The van der Waals surface area contributed by atoms with E-state index in [1.165, 1.54) is 23.1 Å². The van der Waals surface area contributed by atoms with Gasteiger partial charge in [0, 0.05) is 19.3 Å². The first-order valence-electron chi connectivity index (χ1n) is 4.30. The van der Waals surface area contributed by atoms with Gasteiger partial charge in [-0.15, -0.1) is 0 Å². The maximum absolute atomic E-state index is 11.8. The van der Waals surface area contributed by atoms with Crippen LogP contribution >= 0.6 is 0 Å². The molecule has 0 spiro atoms. The Morgan fingerprint density at radius 2 is 2.31 bits per heavy atom. The first-order chi connectivity index (χ1) is 7.49. The number of nitrogens with two attached hydrogens (primary N) is 1. The average Bonchev–Trinajstić information content (AvgIpc) is 2.75. The normalized spacial score (nSPS) is 11.6. The molecule has 2 rings (SSSR count). The first kappa shape index (κ1) is 10.5. The average molecular weight is 242 g/mol. The molecule has 4 N–H and O–H groups in total. The summed E-state index contributed by atoms with van der Waals surface area (Å²) in [5.41, 5.74) is 5.48. The molecule has 0 aromatic carbocycles. The molecule has 0 atom stereocenters. The van der Waals surface area contributed by atoms with E-state index in [9.17, 15) is 8.42 Å². The fourth-order valence-electron chi connectivity index (χ4n) is 1.20. The predicted molar refractivity (Wildman–Crippen MR) is 57.0 cm³/mol. The van der Waals surface area contributed by atoms with E-state index < -0.39 is 10.0 Å². The molecule has 2 heterocycles. The summed E-state index contributed by atoms with van der Waals surface area (Å²) in [6, 6.07) is 1.49. The molecule has 0 aliphatic carbocycles. The van der Waals surface area contributed by atoms with Crippen molar-refractivity contribution in [2.45, 2.75) is 4.90 Å². The summed E-state index contributed by atoms with van der Waals surface area (Å²) in [5, 5.41) is 9.86. The number of H-pyrrole nitrogens is 1. The number of rotatable bonds is 3. The van der Waals surface area contributed by atoms with Gasteiger partial charge in [-0.1, -0.05) is 0 Å². The van der Waals surface area contributed by atoms with Gasteiger partial charge in [0.05, 0.1) is 6.20 Å². The monoisotopic (exact) mass is 242 g/mol. The number of nitrogen functional groups attached to an aromatic ring is 1. The highest BCUT2D eigenvalue weighted by atomic mass is 32.2. The number of sulfonamides is 1. The van der Waals surface area contributed by atoms with Crippen LogP contribution in [0, 0.1) is 0 Å². The van der Waals surface area contributed by atoms with Gasteiger partial charge in [-0.05, 0) is 0 Å². The lowest BCUT2D eigenvalue weighted by Crippen LogP contribution is -2.14. The third-order valence-corrected chi connectivity index (χ3v) is 3.24. The molecule has 0 fully saturated rings. The lowest BCUT2D eigenvalue weighted by molar-refractivity contribution is 0.601. The molecule has 0 bridgehead atoms. The second kappa shape index (κ2) is 3.52. The van der Waals surface area contributed by atoms with E-state index in [2.05, 4.69) is 20.0 Å². The van der Waals surface area contributed by atoms with E-state index in [1.54, 1.807) is 7.05 Å². The van der Waals surface area contributed by atoms with E-state index in [1.807, 2.05) is 0 Å². The second-order valence-electron chi connectivity index (χ2n) is 3.13. The fraction of sp³-hybridized carbons (Fsp3) is 0.143. The zero-order valence-corrected chi connectivity index (χ0v) is 9.19. The van der Waals surface area contributed by atoms with Crippen molar-refractivity contribution in [1.29, 1.82) is 0 Å². The fourth-order valence-corrected chi connectivity index (χ4v) is 2.32. The number of aryl methyl sites for hydroxylation is 1. The molecule has 2 aromatic rings. The standard InChI is InChI=1S/C7H10N6O2S/c1-13-4-5(7(8)11-13)16(14,15)12-6-2-3-9-10-6/h2-4H,1H3,(H2,8,11)(H2,9,10,12). The summed E-state index contributed by atoms with van der Waals surface area (Å²) in [6.07, 6.45) is 2.76. The molecule has 0 unspecified atom stereocenters. The Labute approximate surface area is 91.5 Å². The van der Waals surface area contributed by atoms with Crippen molar-refractivity contribution >= 4 is 21.7 Å². The molecule has 0 saturated carbocycles. The van der Waals surface area contributed by atoms with Crippen LogP contribution < -0.4 is 10.5 Å². The highest BCUT2D eigenvalue weighted by Crippen LogP contribution is 2.18. The Balaban J connectivity index is 2.36. The SMILES string of the molecule is Cn1cc(S(=O)(=O)Nc2ccn[nH]2)c(N)n1. The summed E-state index contributed by atoms with van der Waals surface area (Å²) in [5.74, 6) is 0.220. The number of anilines is 2. The molecule has 9 heteroatoms. The molecule has 16 heavy (non-hydrogen) atoms. The predicted octanol–water partition coefficient (Wildman–Crippen LogP) is -0.474. The summed E-state index contributed by atoms with van der Waals surface area (Å²) < 4.78 is 27.3. The maximum Gasteiger partial charge on any atom is 0.268 e. The van der Waals surface area contributed by atoms with E-state index in [4.69, 9.17) is 5.73 Å². The van der Waals surface area contributed by atoms with Crippen LogP contribution in [0.25, 0.3) is 0 Å². The Kier molecular flexibility index (Phi) is 2.31. The molecule has 0 radical (unpaired) electrons. The van der Waals surface area contributed by atoms with Crippen LogP contribution in [-0.4, -0.2) is 28.4 Å². The minimum Gasteiger partial charge on any atom is -0.381 e. The highest BCUT2D eigenvalue weighted by Gasteiger charge is 2.20. The van der Waals surface area contributed by atoms with Crippen LogP contribution in [0.5, 0.6) is 0 Å². The Hall–Kier alpha value is -2.03. The Morgan fingerprint density at radius 1 is 1.56 bits per heavy atom. The summed E-state index contributed by atoms with van der Waals surface area (Å²) >= 11 is 0. The molecule has 2 aromatic heterocycles. The highest BCUT2D eigenvalue weighted by molar-refractivity contribution is 7.92. The van der Waals surface area contributed by atoms with Crippen molar-refractivity contribution in [3.63, 3.8) is 0 Å². The number of hydrogen-bond acceptors (Lipinski definition) is 5. The second-order valence-corrected chi connectivity index (χ2v) is 4.78. The van der Waals surface area contributed by atoms with Gasteiger partial charge in [0.25, 0.3) is 10.0 Å². The first-order valence-corrected chi connectivity index (χ1v) is 5.78. The maximum atomic E-state index is 11.8. The number of hydrogen-bond donors (Lipinski definition) is 3. The number of nitrogens with zero attached hydrogens (tertiary/aromatic N) is 3. The van der Waals surface area contributed by atoms with E-state index in [0.717, 1.165) is 0 Å². The van der Waals surface area contributed by atoms with Crippen molar-refractivity contribution in [1.82, 2.24) is 20.0 Å². The largest absolute Gasteiger partial charge is 0.381 e. The molecular weight excluding hydrogens is 232 g/mol. The van der Waals surface area contributed by atoms with Crippen molar-refractivity contribution in [3.8, 4) is 0 Å². The smallest absolute Gasteiger partial charge is 0.268 e. The number of aromatic amines is 1. The van der Waals surface area contributed by atoms with E-state index in [0.29, 0.717) is 0 Å². The molecule has 0 amide bonds. The van der Waals surface area contributed by atoms with Crippen LogP contribution in [0.3, 0.4) is 0 Å². The van der Waals surface area contributed by atoms with Crippen molar-refractivity contribution in [2.24, 2.45) is 7.05 Å². The molecule has 8 nitrogen and oxygen atoms in total. The van der Waals surface area contributed by atoms with E-state index in [-0.39, 0.29) is 16.5 Å². The van der Waals surface area contributed by atoms with Crippen LogP contribution in [0.1, 0.15) is 0 Å². The topological polar surface area (TPSA) is 119 Å². The molecule has 0 saturated heterocycles. The third-order valence-electron chi connectivity index (χ3n) is 1.86. The number of aromatic nitrogens is 4. The zero-order chi connectivity index (χ0) is 11.8. The molecule has 0 aliphatic rings. The van der Waals surface area contributed by atoms with E-state index >= 15 is 0 Å². The minimum absolute atomic E-state index is 0.0467. The molecular formula is C7H10N6O2S. The van der Waals surface area contributed by atoms with Gasteiger partial charge in [-0.3, -0.25) is 14.5 Å².